The number of nitrogens with one attached hydrogen (secondary N) is 2. The number of aromatic amines is 1. The Bertz CT molecular complexity index is 1230. The minimum atomic E-state index is -4.04. The molecule has 1 aromatic heterocycles. The number of H-pyrrole nitrogens is 1. The first-order valence-electron chi connectivity index (χ1n) is 8.92. The highest BCUT2D eigenvalue weighted by Gasteiger charge is 2.22. The molecule has 2 aromatic carbocycles. The molecular weight excluding hydrogens is 446 g/mol. The van der Waals surface area contributed by atoms with Crippen molar-refractivity contribution in [1.82, 2.24) is 9.97 Å². The molecule has 3 rings (SSSR count). The number of amides is 1. The van der Waals surface area contributed by atoms with Gasteiger partial charge in [0.25, 0.3) is 5.56 Å². The molecule has 0 spiro atoms. The summed E-state index contributed by atoms with van der Waals surface area (Å²) in [7, 11) is -4.04. The van der Waals surface area contributed by atoms with E-state index in [1.807, 2.05) is 31.2 Å². The van der Waals surface area contributed by atoms with Gasteiger partial charge in [-0.3, -0.25) is 9.59 Å². The van der Waals surface area contributed by atoms with Crippen molar-refractivity contribution in [2.45, 2.75) is 28.3 Å². The molecular formula is C20H18ClN3O4S2. The minimum absolute atomic E-state index is 0.00424. The van der Waals surface area contributed by atoms with Gasteiger partial charge in [0.2, 0.25) is 15.7 Å². The number of anilines is 1. The van der Waals surface area contributed by atoms with Crippen LogP contribution >= 0.6 is 23.4 Å². The number of sulfone groups is 1. The fourth-order valence-electron chi connectivity index (χ4n) is 2.64. The van der Waals surface area contributed by atoms with Crippen LogP contribution in [0.4, 0.5) is 5.69 Å². The highest BCUT2D eigenvalue weighted by Crippen LogP contribution is 2.21. The molecule has 0 saturated heterocycles. The third-order valence-electron chi connectivity index (χ3n) is 4.17. The van der Waals surface area contributed by atoms with Crippen molar-refractivity contribution in [3.8, 4) is 0 Å². The van der Waals surface area contributed by atoms with Crippen molar-refractivity contribution in [3.05, 3.63) is 75.7 Å². The standard InChI is InChI=1S/C20H18ClN3O4S2/c1-2-13-5-3-4-6-16(13)23-18(25)12-29-20-22-11-17(19(26)24-20)30(27,28)15-9-7-14(21)8-10-15/h3-11H,2,12H2,1H3,(H,23,25)(H,22,24,26). The number of aryl methyl sites for hydroxylation is 1. The SMILES string of the molecule is CCc1ccccc1NC(=O)CSc1ncc(S(=O)(=O)c2ccc(Cl)cc2)c(=O)[nH]1. The maximum atomic E-state index is 12.6. The molecule has 0 aliphatic heterocycles. The number of hydrogen-bond acceptors (Lipinski definition) is 6. The average molecular weight is 464 g/mol. The molecule has 3 aromatic rings. The molecule has 0 fully saturated rings. The van der Waals surface area contributed by atoms with Gasteiger partial charge in [0, 0.05) is 10.7 Å². The van der Waals surface area contributed by atoms with Crippen LogP contribution in [-0.2, 0) is 21.1 Å². The largest absolute Gasteiger partial charge is 0.325 e. The molecule has 7 nitrogen and oxygen atoms in total. The van der Waals surface area contributed by atoms with Crippen molar-refractivity contribution in [2.24, 2.45) is 0 Å². The Labute approximate surface area is 182 Å². The van der Waals surface area contributed by atoms with E-state index in [2.05, 4.69) is 15.3 Å². The van der Waals surface area contributed by atoms with Gasteiger partial charge in [0.15, 0.2) is 10.1 Å². The molecule has 1 amide bonds. The quantitative estimate of drug-likeness (QED) is 0.409. The highest BCUT2D eigenvalue weighted by molar-refractivity contribution is 7.99. The van der Waals surface area contributed by atoms with Gasteiger partial charge in [-0.1, -0.05) is 48.5 Å². The highest BCUT2D eigenvalue weighted by atomic mass is 35.5. The van der Waals surface area contributed by atoms with Crippen molar-refractivity contribution in [2.75, 3.05) is 11.1 Å². The summed E-state index contributed by atoms with van der Waals surface area (Å²) in [5, 5.41) is 3.35. The minimum Gasteiger partial charge on any atom is -0.325 e. The van der Waals surface area contributed by atoms with Crippen LogP contribution in [0.5, 0.6) is 0 Å². The summed E-state index contributed by atoms with van der Waals surface area (Å²) in [5.41, 5.74) is 0.940. The van der Waals surface area contributed by atoms with E-state index in [1.54, 1.807) is 0 Å². The Morgan fingerprint density at radius 3 is 2.53 bits per heavy atom. The van der Waals surface area contributed by atoms with E-state index in [4.69, 9.17) is 11.6 Å². The molecule has 30 heavy (non-hydrogen) atoms. The molecule has 0 unspecified atom stereocenters. The van der Waals surface area contributed by atoms with Gasteiger partial charge in [0.05, 0.1) is 16.8 Å². The van der Waals surface area contributed by atoms with Gasteiger partial charge >= 0.3 is 0 Å². The van der Waals surface area contributed by atoms with E-state index in [0.29, 0.717) is 5.02 Å². The van der Waals surface area contributed by atoms with E-state index in [9.17, 15) is 18.0 Å². The van der Waals surface area contributed by atoms with Crippen molar-refractivity contribution in [1.29, 1.82) is 0 Å². The van der Waals surface area contributed by atoms with Crippen LogP contribution in [0.3, 0.4) is 0 Å². The number of rotatable bonds is 7. The van der Waals surface area contributed by atoms with Gasteiger partial charge in [-0.2, -0.15) is 0 Å². The first kappa shape index (κ1) is 22.1. The van der Waals surface area contributed by atoms with Crippen LogP contribution in [-0.4, -0.2) is 30.0 Å². The van der Waals surface area contributed by atoms with E-state index in [0.717, 1.165) is 35.6 Å². The van der Waals surface area contributed by atoms with E-state index < -0.39 is 20.3 Å². The Kier molecular flexibility index (Phi) is 6.96. The number of benzene rings is 2. The van der Waals surface area contributed by atoms with Crippen molar-refractivity contribution in [3.63, 3.8) is 0 Å². The van der Waals surface area contributed by atoms with Gasteiger partial charge in [-0.15, -0.1) is 0 Å². The molecule has 0 saturated carbocycles. The second-order valence-corrected chi connectivity index (χ2v) is 9.51. The fourth-order valence-corrected chi connectivity index (χ4v) is 4.64. The Morgan fingerprint density at radius 2 is 1.87 bits per heavy atom. The summed E-state index contributed by atoms with van der Waals surface area (Å²) in [5.74, 6) is -0.258. The van der Waals surface area contributed by atoms with Crippen molar-refractivity contribution >= 4 is 44.8 Å². The zero-order valence-corrected chi connectivity index (χ0v) is 18.3. The Hall–Kier alpha value is -2.62. The Balaban J connectivity index is 1.70. The monoisotopic (exact) mass is 463 g/mol. The van der Waals surface area contributed by atoms with E-state index in [-0.39, 0.29) is 21.7 Å². The van der Waals surface area contributed by atoms with Gasteiger partial charge < -0.3 is 10.3 Å². The molecule has 0 aliphatic rings. The number of thioether (sulfide) groups is 1. The topological polar surface area (TPSA) is 109 Å². The van der Waals surface area contributed by atoms with E-state index >= 15 is 0 Å². The van der Waals surface area contributed by atoms with Gasteiger partial charge in [-0.05, 0) is 42.3 Å². The summed E-state index contributed by atoms with van der Waals surface area (Å²) < 4.78 is 25.3. The van der Waals surface area contributed by atoms with Crippen LogP contribution < -0.4 is 10.9 Å². The molecule has 0 bridgehead atoms. The van der Waals surface area contributed by atoms with E-state index in [1.165, 1.54) is 24.3 Å². The predicted molar refractivity (Wildman–Crippen MR) is 117 cm³/mol. The number of halogens is 1. The predicted octanol–water partition coefficient (Wildman–Crippen LogP) is 3.55. The number of para-hydroxylation sites is 1. The zero-order chi connectivity index (χ0) is 21.7. The third-order valence-corrected chi connectivity index (χ3v) is 7.07. The lowest BCUT2D eigenvalue weighted by molar-refractivity contribution is -0.113. The molecule has 156 valence electrons. The number of nitrogens with zero attached hydrogens (tertiary/aromatic N) is 1. The summed E-state index contributed by atoms with van der Waals surface area (Å²) in [6.07, 6.45) is 1.78. The van der Waals surface area contributed by atoms with Gasteiger partial charge in [-0.25, -0.2) is 13.4 Å². The van der Waals surface area contributed by atoms with Crippen molar-refractivity contribution < 1.29 is 13.2 Å². The third kappa shape index (κ3) is 5.10. The number of aromatic nitrogens is 2. The normalized spacial score (nSPS) is 11.3. The Morgan fingerprint density at radius 1 is 1.17 bits per heavy atom. The lowest BCUT2D eigenvalue weighted by atomic mass is 10.1. The lowest BCUT2D eigenvalue weighted by Crippen LogP contribution is -2.20. The second kappa shape index (κ2) is 9.46. The molecule has 2 N–H and O–H groups in total. The second-order valence-electron chi connectivity index (χ2n) is 6.19. The summed E-state index contributed by atoms with van der Waals surface area (Å²) >= 11 is 6.78. The smallest absolute Gasteiger partial charge is 0.270 e. The van der Waals surface area contributed by atoms with Crippen LogP contribution in [0.2, 0.25) is 5.02 Å². The first-order valence-corrected chi connectivity index (χ1v) is 11.8. The maximum Gasteiger partial charge on any atom is 0.270 e. The van der Waals surface area contributed by atoms with Crippen LogP contribution in [0.1, 0.15) is 12.5 Å². The maximum absolute atomic E-state index is 12.6. The first-order chi connectivity index (χ1) is 14.3. The van der Waals surface area contributed by atoms with Crippen LogP contribution in [0, 0.1) is 0 Å². The molecule has 0 atom stereocenters. The number of hydrogen-bond donors (Lipinski definition) is 2. The summed E-state index contributed by atoms with van der Waals surface area (Å²) in [6, 6.07) is 13.0. The number of carbonyl (C=O) groups excluding carboxylic acids is 1. The molecule has 0 aliphatic carbocycles. The molecule has 1 heterocycles. The average Bonchev–Trinajstić information content (AvgIpc) is 2.73. The summed E-state index contributed by atoms with van der Waals surface area (Å²) in [6.45, 7) is 1.99. The molecule has 0 radical (unpaired) electrons. The number of carbonyl (C=O) groups is 1. The molecule has 10 heteroatoms. The lowest BCUT2D eigenvalue weighted by Gasteiger charge is -2.09. The summed E-state index contributed by atoms with van der Waals surface area (Å²) in [4.78, 5) is 30.4. The fraction of sp³-hybridized carbons (Fsp3) is 0.150. The van der Waals surface area contributed by atoms with Crippen LogP contribution in [0.15, 0.2) is 74.5 Å². The van der Waals surface area contributed by atoms with Gasteiger partial charge in [0.1, 0.15) is 0 Å². The van der Waals surface area contributed by atoms with Crippen LogP contribution in [0.25, 0.3) is 0 Å². The zero-order valence-electron chi connectivity index (χ0n) is 15.9.